The first-order valence-electron chi connectivity index (χ1n) is 7.60. The molecule has 4 nitrogen and oxygen atoms in total. The molecule has 0 spiro atoms. The van der Waals surface area contributed by atoms with Gasteiger partial charge in [-0.15, -0.1) is 0 Å². The third-order valence-corrected chi connectivity index (χ3v) is 4.34. The highest BCUT2D eigenvalue weighted by Gasteiger charge is 2.34. The van der Waals surface area contributed by atoms with Crippen LogP contribution < -0.4 is 5.73 Å². The van der Waals surface area contributed by atoms with Crippen LogP contribution in [0, 0.1) is 13.8 Å². The average Bonchev–Trinajstić information content (AvgIpc) is 2.89. The summed E-state index contributed by atoms with van der Waals surface area (Å²) < 4.78 is 0. The molecule has 1 aromatic heterocycles. The van der Waals surface area contributed by atoms with Gasteiger partial charge >= 0.3 is 0 Å². The monoisotopic (exact) mass is 295 g/mol. The molecule has 0 unspecified atom stereocenters. The molecular formula is C18H21N3O. The molecule has 0 aliphatic carbocycles. The largest absolute Gasteiger partial charge is 0.336 e. The lowest BCUT2D eigenvalue weighted by atomic mass is 9.95. The van der Waals surface area contributed by atoms with Crippen LogP contribution in [-0.2, 0) is 0 Å². The second-order valence-electron chi connectivity index (χ2n) is 5.98. The zero-order valence-electron chi connectivity index (χ0n) is 13.0. The van der Waals surface area contributed by atoms with Crippen molar-refractivity contribution >= 4 is 5.91 Å². The number of aromatic nitrogens is 1. The lowest BCUT2D eigenvalue weighted by Crippen LogP contribution is -2.32. The number of nitrogens with two attached hydrogens (primary N) is 1. The van der Waals surface area contributed by atoms with E-state index in [0.717, 1.165) is 11.4 Å². The number of pyridine rings is 1. The smallest absolute Gasteiger partial charge is 0.255 e. The Kier molecular flexibility index (Phi) is 3.94. The predicted octanol–water partition coefficient (Wildman–Crippen LogP) is 2.27. The van der Waals surface area contributed by atoms with Crippen LogP contribution in [0.15, 0.2) is 42.5 Å². The molecule has 0 radical (unpaired) electrons. The van der Waals surface area contributed by atoms with Gasteiger partial charge in [0.2, 0.25) is 0 Å². The minimum absolute atomic E-state index is 0.0231. The maximum absolute atomic E-state index is 12.7. The van der Waals surface area contributed by atoms with Gasteiger partial charge in [-0.25, -0.2) is 0 Å². The van der Waals surface area contributed by atoms with E-state index in [1.54, 1.807) is 0 Å². The molecule has 22 heavy (non-hydrogen) atoms. The number of carbonyl (C=O) groups is 1. The van der Waals surface area contributed by atoms with Gasteiger partial charge in [0.15, 0.2) is 0 Å². The Labute approximate surface area is 131 Å². The van der Waals surface area contributed by atoms with Crippen LogP contribution >= 0.6 is 0 Å². The predicted molar refractivity (Wildman–Crippen MR) is 86.8 cm³/mol. The van der Waals surface area contributed by atoms with Crippen molar-refractivity contribution < 1.29 is 4.79 Å². The molecule has 1 aliphatic rings. The Bertz CT molecular complexity index is 684. The van der Waals surface area contributed by atoms with Crippen molar-refractivity contribution in [2.24, 2.45) is 5.73 Å². The number of benzene rings is 1. The number of rotatable bonds is 2. The van der Waals surface area contributed by atoms with E-state index >= 15 is 0 Å². The number of carbonyl (C=O) groups excluding carboxylic acids is 1. The molecule has 2 N–H and O–H groups in total. The van der Waals surface area contributed by atoms with Gasteiger partial charge in [-0.05, 0) is 31.5 Å². The Morgan fingerprint density at radius 1 is 1.14 bits per heavy atom. The molecule has 114 valence electrons. The molecule has 1 saturated heterocycles. The summed E-state index contributed by atoms with van der Waals surface area (Å²) in [6.07, 6.45) is 0. The van der Waals surface area contributed by atoms with E-state index in [9.17, 15) is 4.79 Å². The molecular weight excluding hydrogens is 274 g/mol. The van der Waals surface area contributed by atoms with Crippen LogP contribution in [0.4, 0.5) is 0 Å². The van der Waals surface area contributed by atoms with Crippen LogP contribution in [-0.4, -0.2) is 34.9 Å². The third-order valence-electron chi connectivity index (χ3n) is 4.34. The lowest BCUT2D eigenvalue weighted by Gasteiger charge is -2.17. The van der Waals surface area contributed by atoms with Crippen molar-refractivity contribution in [3.8, 4) is 0 Å². The minimum Gasteiger partial charge on any atom is -0.336 e. The molecule has 1 amide bonds. The molecule has 0 saturated carbocycles. The van der Waals surface area contributed by atoms with E-state index in [0.29, 0.717) is 18.7 Å². The summed E-state index contributed by atoms with van der Waals surface area (Å²) >= 11 is 0. The van der Waals surface area contributed by atoms with E-state index in [1.165, 1.54) is 5.56 Å². The molecule has 2 heterocycles. The first-order valence-corrected chi connectivity index (χ1v) is 7.60. The molecule has 2 atom stereocenters. The van der Waals surface area contributed by atoms with E-state index in [2.05, 4.69) is 17.1 Å². The lowest BCUT2D eigenvalue weighted by molar-refractivity contribution is 0.0788. The van der Waals surface area contributed by atoms with E-state index < -0.39 is 0 Å². The standard InChI is InChI=1S/C18H21N3O/c1-12-8-9-15(13(2)20-12)18(22)21-10-16(17(19)11-21)14-6-4-3-5-7-14/h3-9,16-17H,10-11,19H2,1-2H3/t16-,17+/m0/s1. The summed E-state index contributed by atoms with van der Waals surface area (Å²) in [6.45, 7) is 5.06. The number of nitrogens with zero attached hydrogens (tertiary/aromatic N) is 2. The van der Waals surface area contributed by atoms with Crippen molar-refractivity contribution in [1.29, 1.82) is 0 Å². The van der Waals surface area contributed by atoms with Crippen molar-refractivity contribution in [2.45, 2.75) is 25.8 Å². The highest BCUT2D eigenvalue weighted by Crippen LogP contribution is 2.27. The zero-order valence-corrected chi connectivity index (χ0v) is 13.0. The second-order valence-corrected chi connectivity index (χ2v) is 5.98. The van der Waals surface area contributed by atoms with Gasteiger partial charge in [0, 0.05) is 30.7 Å². The Morgan fingerprint density at radius 3 is 2.55 bits per heavy atom. The number of hydrogen-bond donors (Lipinski definition) is 1. The van der Waals surface area contributed by atoms with E-state index in [1.807, 2.05) is 49.1 Å². The van der Waals surface area contributed by atoms with Crippen molar-refractivity contribution in [2.75, 3.05) is 13.1 Å². The first-order chi connectivity index (χ1) is 10.6. The first kappa shape index (κ1) is 14.7. The summed E-state index contributed by atoms with van der Waals surface area (Å²) in [6, 6.07) is 13.9. The highest BCUT2D eigenvalue weighted by atomic mass is 16.2. The third kappa shape index (κ3) is 2.74. The van der Waals surface area contributed by atoms with Crippen LogP contribution in [0.5, 0.6) is 0 Å². The van der Waals surface area contributed by atoms with Crippen molar-refractivity contribution in [3.63, 3.8) is 0 Å². The Hall–Kier alpha value is -2.20. The quantitative estimate of drug-likeness (QED) is 0.924. The normalized spacial score (nSPS) is 21.1. The molecule has 4 heteroatoms. The fourth-order valence-corrected chi connectivity index (χ4v) is 3.13. The molecule has 2 aromatic rings. The highest BCUT2D eigenvalue weighted by molar-refractivity contribution is 5.95. The van der Waals surface area contributed by atoms with E-state index in [4.69, 9.17) is 5.73 Å². The fraction of sp³-hybridized carbons (Fsp3) is 0.333. The number of likely N-dealkylation sites (tertiary alicyclic amines) is 1. The number of amides is 1. The summed E-state index contributed by atoms with van der Waals surface area (Å²) in [5, 5.41) is 0. The maximum Gasteiger partial charge on any atom is 0.255 e. The van der Waals surface area contributed by atoms with Crippen LogP contribution in [0.25, 0.3) is 0 Å². The van der Waals surface area contributed by atoms with E-state index in [-0.39, 0.29) is 17.9 Å². The molecule has 1 aliphatic heterocycles. The van der Waals surface area contributed by atoms with Gasteiger partial charge in [-0.2, -0.15) is 0 Å². The van der Waals surface area contributed by atoms with Crippen LogP contribution in [0.1, 0.15) is 33.2 Å². The van der Waals surface area contributed by atoms with Crippen molar-refractivity contribution in [1.82, 2.24) is 9.88 Å². The summed E-state index contributed by atoms with van der Waals surface area (Å²) in [7, 11) is 0. The van der Waals surface area contributed by atoms with Gasteiger partial charge in [0.25, 0.3) is 5.91 Å². The van der Waals surface area contributed by atoms with Gasteiger partial charge in [0.05, 0.1) is 11.3 Å². The summed E-state index contributed by atoms with van der Waals surface area (Å²) in [5.41, 5.74) is 9.85. The van der Waals surface area contributed by atoms with Crippen LogP contribution in [0.3, 0.4) is 0 Å². The summed E-state index contributed by atoms with van der Waals surface area (Å²) in [4.78, 5) is 19.0. The molecule has 0 bridgehead atoms. The van der Waals surface area contributed by atoms with Gasteiger partial charge in [-0.1, -0.05) is 30.3 Å². The van der Waals surface area contributed by atoms with Gasteiger partial charge < -0.3 is 10.6 Å². The second kappa shape index (κ2) is 5.89. The Morgan fingerprint density at radius 2 is 1.86 bits per heavy atom. The molecule has 1 aromatic carbocycles. The minimum atomic E-state index is -0.0231. The topological polar surface area (TPSA) is 59.2 Å². The van der Waals surface area contributed by atoms with Crippen molar-refractivity contribution in [3.05, 3.63) is 65.0 Å². The average molecular weight is 295 g/mol. The van der Waals surface area contributed by atoms with Gasteiger partial charge in [-0.3, -0.25) is 9.78 Å². The van der Waals surface area contributed by atoms with Gasteiger partial charge in [0.1, 0.15) is 0 Å². The summed E-state index contributed by atoms with van der Waals surface area (Å²) in [5.74, 6) is 0.225. The zero-order chi connectivity index (χ0) is 15.7. The molecule has 1 fully saturated rings. The SMILES string of the molecule is Cc1ccc(C(=O)N2C[C@@H](N)[C@H](c3ccccc3)C2)c(C)n1. The molecule has 3 rings (SSSR count). The number of hydrogen-bond acceptors (Lipinski definition) is 3. The maximum atomic E-state index is 12.7. The number of aryl methyl sites for hydroxylation is 2. The van der Waals surface area contributed by atoms with Crippen LogP contribution in [0.2, 0.25) is 0 Å². The fourth-order valence-electron chi connectivity index (χ4n) is 3.13. The Balaban J connectivity index is 1.81.